The number of likely N-dealkylation sites (N-methyl/N-ethyl adjacent to an activating group) is 1. The largest absolute Gasteiger partial charge is 0.460 e. The number of ether oxygens (including phenoxy) is 1. The third-order valence-corrected chi connectivity index (χ3v) is 5.83. The average molecular weight is 646 g/mol. The van der Waals surface area contributed by atoms with Gasteiger partial charge in [-0.3, -0.25) is 4.79 Å². The summed E-state index contributed by atoms with van der Waals surface area (Å²) in [5.74, 6) is -55.9. The Hall–Kier alpha value is -1.81. The first-order chi connectivity index (χ1) is 18.5. The molecule has 0 aromatic heterocycles. The summed E-state index contributed by atoms with van der Waals surface area (Å²) in [7, 11) is -8.49. The molecule has 234 valence electrons. The Morgan fingerprint density at radius 1 is 0.692 bits per heavy atom. The molecular formula is C16H16F17NO4S. The van der Waals surface area contributed by atoms with Crippen molar-refractivity contribution in [3.63, 3.8) is 0 Å². The van der Waals surface area contributed by atoms with E-state index in [1.807, 2.05) is 0 Å². The summed E-state index contributed by atoms with van der Waals surface area (Å²) in [6.45, 7) is -9.95. The Bertz CT molecular complexity index is 1200. The van der Waals surface area contributed by atoms with Gasteiger partial charge in [-0.1, -0.05) is 6.85 Å². The van der Waals surface area contributed by atoms with Crippen LogP contribution in [0.1, 0.15) is 34.5 Å². The Kier molecular flexibility index (Phi) is 7.31. The molecule has 0 amide bonds. The number of sulfonamides is 1. The van der Waals surface area contributed by atoms with Crippen LogP contribution in [0.3, 0.4) is 0 Å². The lowest BCUT2D eigenvalue weighted by molar-refractivity contribution is -0.458. The lowest BCUT2D eigenvalue weighted by atomic mass is 9.91. The van der Waals surface area contributed by atoms with Gasteiger partial charge in [0.25, 0.3) is 10.0 Å². The van der Waals surface area contributed by atoms with Gasteiger partial charge in [-0.25, -0.2) is 8.42 Å². The molecule has 0 saturated carbocycles. The number of halogens is 17. The molecule has 0 aliphatic rings. The van der Waals surface area contributed by atoms with Crippen LogP contribution < -0.4 is 0 Å². The fourth-order valence-electron chi connectivity index (χ4n) is 2.13. The van der Waals surface area contributed by atoms with Gasteiger partial charge in [0.15, 0.2) is 0 Å². The van der Waals surface area contributed by atoms with Crippen LogP contribution in [-0.2, 0) is 19.6 Å². The molecule has 0 N–H and O–H groups in total. The first-order valence-corrected chi connectivity index (χ1v) is 10.4. The summed E-state index contributed by atoms with van der Waals surface area (Å²) < 4.78 is 292. The third kappa shape index (κ3) is 5.56. The van der Waals surface area contributed by atoms with Crippen molar-refractivity contribution in [2.45, 2.75) is 80.2 Å². The Morgan fingerprint density at radius 2 is 1.03 bits per heavy atom. The van der Waals surface area contributed by atoms with E-state index in [1.54, 1.807) is 0 Å². The van der Waals surface area contributed by atoms with Gasteiger partial charge in [-0.2, -0.15) is 78.9 Å². The minimum Gasteiger partial charge on any atom is -0.459 e. The van der Waals surface area contributed by atoms with Gasteiger partial charge in [0, 0.05) is 13.4 Å². The van der Waals surface area contributed by atoms with Gasteiger partial charge >= 0.3 is 52.9 Å². The number of carbonyl (C=O) groups is 1. The molecule has 0 rings (SSSR count). The molecule has 5 nitrogen and oxygen atoms in total. The van der Waals surface area contributed by atoms with E-state index in [0.29, 0.717) is 0 Å². The highest BCUT2D eigenvalue weighted by molar-refractivity contribution is 7.90. The van der Waals surface area contributed by atoms with E-state index < -0.39 is 92.8 Å². The Balaban J connectivity index is 7.52. The van der Waals surface area contributed by atoms with Gasteiger partial charge in [0.05, 0.1) is 0 Å². The maximum Gasteiger partial charge on any atom is 0.460 e. The van der Waals surface area contributed by atoms with E-state index in [9.17, 15) is 87.8 Å². The SMILES string of the molecule is [2H]C([2H])([2H])C([2H])([2H])N(CC(=O)OC(C)(C)C)S(=O)(=O)C(F)(F)C(F)(F)C(F)(F)C(F)(F)C(F)(F)C(F)(F)C(F)(F)C(F)(F)F. The Labute approximate surface area is 214 Å². The highest BCUT2D eigenvalue weighted by atomic mass is 32.2. The van der Waals surface area contributed by atoms with Crippen molar-refractivity contribution < 1.29 is 99.4 Å². The van der Waals surface area contributed by atoms with Crippen LogP contribution in [0, 0.1) is 0 Å². The molecule has 0 unspecified atom stereocenters. The van der Waals surface area contributed by atoms with Crippen molar-refractivity contribution >= 4 is 16.0 Å². The van der Waals surface area contributed by atoms with E-state index in [0.717, 1.165) is 20.8 Å². The van der Waals surface area contributed by atoms with Crippen molar-refractivity contribution in [2.75, 3.05) is 13.0 Å². The van der Waals surface area contributed by atoms with Crippen LogP contribution in [0.25, 0.3) is 0 Å². The summed E-state index contributed by atoms with van der Waals surface area (Å²) in [4.78, 5) is 11.9. The predicted molar refractivity (Wildman–Crippen MR) is 92.7 cm³/mol. The van der Waals surface area contributed by atoms with Crippen molar-refractivity contribution in [1.29, 1.82) is 0 Å². The summed E-state index contributed by atoms with van der Waals surface area (Å²) in [5, 5.41) is -8.30. The molecule has 0 saturated heterocycles. The summed E-state index contributed by atoms with van der Waals surface area (Å²) in [5.41, 5.74) is -1.84. The number of hydrogen-bond acceptors (Lipinski definition) is 4. The monoisotopic (exact) mass is 646 g/mol. The van der Waals surface area contributed by atoms with Crippen LogP contribution in [0.2, 0.25) is 0 Å². The van der Waals surface area contributed by atoms with Gasteiger partial charge in [-0.05, 0) is 20.8 Å². The zero-order chi connectivity index (χ0) is 36.6. The molecule has 0 spiro atoms. The highest BCUT2D eigenvalue weighted by Gasteiger charge is 2.96. The maximum atomic E-state index is 14.6. The zero-order valence-electron chi connectivity index (χ0n) is 23.6. The van der Waals surface area contributed by atoms with E-state index in [-0.39, 0.29) is 0 Å². The maximum absolute atomic E-state index is 14.6. The molecule has 0 heterocycles. The molecule has 0 bridgehead atoms. The van der Waals surface area contributed by atoms with E-state index in [4.69, 9.17) is 6.85 Å². The topological polar surface area (TPSA) is 63.7 Å². The van der Waals surface area contributed by atoms with E-state index >= 15 is 0 Å². The molecule has 0 aromatic rings. The molecule has 23 heteroatoms. The van der Waals surface area contributed by atoms with Crippen molar-refractivity contribution in [3.8, 4) is 0 Å². The molecule has 0 aliphatic heterocycles. The standard InChI is InChI=1S/C16H16F17NO4S/c1-5-34(6-7(35)38-8(2,3)4)39(36,37)16(32,33)14(27,28)12(23,24)10(19,20)9(17,18)11(21,22)13(25,26)15(29,30)31/h5-6H2,1-4H3/i1D3,5D2. The summed E-state index contributed by atoms with van der Waals surface area (Å²) in [6, 6.07) is 0. The molecule has 39 heavy (non-hydrogen) atoms. The smallest absolute Gasteiger partial charge is 0.459 e. The van der Waals surface area contributed by atoms with Gasteiger partial charge in [0.2, 0.25) is 0 Å². The van der Waals surface area contributed by atoms with Crippen LogP contribution in [0.4, 0.5) is 74.6 Å². The van der Waals surface area contributed by atoms with Crippen LogP contribution >= 0.6 is 0 Å². The normalized spacial score (nSPS) is 18.6. The number of nitrogens with zero attached hydrogens (tertiary/aromatic N) is 1. The zero-order valence-corrected chi connectivity index (χ0v) is 19.4. The molecule has 0 fully saturated rings. The lowest BCUT2D eigenvalue weighted by Gasteiger charge is -2.42. The van der Waals surface area contributed by atoms with Gasteiger partial charge in [0.1, 0.15) is 12.1 Å². The van der Waals surface area contributed by atoms with Crippen molar-refractivity contribution in [3.05, 3.63) is 0 Å². The van der Waals surface area contributed by atoms with Crippen molar-refractivity contribution in [2.24, 2.45) is 0 Å². The third-order valence-electron chi connectivity index (χ3n) is 4.12. The van der Waals surface area contributed by atoms with Crippen LogP contribution in [0.5, 0.6) is 0 Å². The average Bonchev–Trinajstić information content (AvgIpc) is 2.73. The van der Waals surface area contributed by atoms with Gasteiger partial charge < -0.3 is 4.74 Å². The number of carbonyl (C=O) groups excluding carboxylic acids is 1. The van der Waals surface area contributed by atoms with E-state index in [2.05, 4.69) is 4.74 Å². The highest BCUT2D eigenvalue weighted by Crippen LogP contribution is 2.64. The lowest BCUT2D eigenvalue weighted by Crippen LogP contribution is -2.75. The summed E-state index contributed by atoms with van der Waals surface area (Å²) >= 11 is 0. The quantitative estimate of drug-likeness (QED) is 0.206. The minimum absolute atomic E-state index is 0.895. The van der Waals surface area contributed by atoms with Crippen LogP contribution in [-0.4, -0.2) is 84.3 Å². The fourth-order valence-corrected chi connectivity index (χ4v) is 3.25. The number of hydrogen-bond donors (Lipinski definition) is 0. The molecular weight excluding hydrogens is 625 g/mol. The molecule has 0 atom stereocenters. The number of alkyl halides is 17. The molecule has 0 aromatic carbocycles. The number of rotatable bonds is 11. The second-order valence-electron chi connectivity index (χ2n) is 8.17. The van der Waals surface area contributed by atoms with Crippen molar-refractivity contribution in [1.82, 2.24) is 4.31 Å². The minimum atomic E-state index is -9.17. The second-order valence-corrected chi connectivity index (χ2v) is 10.1. The first-order valence-electron chi connectivity index (χ1n) is 11.4. The Morgan fingerprint density at radius 3 is 1.33 bits per heavy atom. The fraction of sp³-hybridized carbons (Fsp3) is 0.938. The predicted octanol–water partition coefficient (Wildman–Crippen LogP) is 5.95. The molecule has 0 aliphatic carbocycles. The first kappa shape index (κ1) is 28.7. The van der Waals surface area contributed by atoms with E-state index in [1.165, 1.54) is 0 Å². The van der Waals surface area contributed by atoms with Gasteiger partial charge in [-0.15, -0.1) is 0 Å². The van der Waals surface area contributed by atoms with Crippen LogP contribution in [0.15, 0.2) is 0 Å². The summed E-state index contributed by atoms with van der Waals surface area (Å²) in [6.07, 6.45) is -8.02. The molecule has 0 radical (unpaired) electrons. The number of esters is 1. The second kappa shape index (κ2) is 9.93.